The average Bonchev–Trinajstić information content (AvgIpc) is 2.24. The number of aldehydes is 1. The van der Waals surface area contributed by atoms with Crippen molar-refractivity contribution >= 4 is 12.1 Å². The van der Waals surface area contributed by atoms with Gasteiger partial charge in [-0.15, -0.1) is 0 Å². The van der Waals surface area contributed by atoms with Crippen molar-refractivity contribution in [2.24, 2.45) is 5.73 Å². The number of aliphatic hydroxyl groups excluding tert-OH is 4. The maximum atomic E-state index is 11.0. The normalized spacial score (nSPS) is 21.2. The first-order valence-corrected chi connectivity index (χ1v) is 4.22. The molecule has 0 fully saturated rings. The highest BCUT2D eigenvalue weighted by atomic mass is 16.4. The Bertz CT molecular complexity index is 245. The van der Waals surface area contributed by atoms with Crippen LogP contribution in [-0.2, 0) is 9.59 Å². The number of nitrogens with two attached hydrogens (primary N) is 1. The molecule has 0 aromatic heterocycles. The maximum Gasteiger partial charge on any atom is 0.159 e. The van der Waals surface area contributed by atoms with Crippen LogP contribution >= 0.6 is 0 Å². The molecule has 0 aliphatic rings. The van der Waals surface area contributed by atoms with Gasteiger partial charge < -0.3 is 31.0 Å². The van der Waals surface area contributed by atoms with E-state index in [2.05, 4.69) is 0 Å². The van der Waals surface area contributed by atoms with E-state index >= 15 is 0 Å². The monoisotopic (exact) mass is 221 g/mol. The summed E-state index contributed by atoms with van der Waals surface area (Å²) in [6, 6.07) is 0. The lowest BCUT2D eigenvalue weighted by molar-refractivity contribution is -0.143. The number of rotatable bonds is 6. The molecule has 15 heavy (non-hydrogen) atoms. The molecule has 7 heteroatoms. The fraction of sp³-hybridized carbons (Fsp3) is 0.750. The maximum absolute atomic E-state index is 11.0. The van der Waals surface area contributed by atoms with Crippen molar-refractivity contribution in [2.75, 3.05) is 6.61 Å². The molecule has 0 rings (SSSR count). The van der Waals surface area contributed by atoms with Crippen molar-refractivity contribution in [3.63, 3.8) is 0 Å². The molecule has 0 unspecified atom stereocenters. The lowest BCUT2D eigenvalue weighted by Crippen LogP contribution is -2.64. The number of carbonyl (C=O) groups excluding carboxylic acids is 2. The second-order valence-corrected chi connectivity index (χ2v) is 3.29. The van der Waals surface area contributed by atoms with Crippen LogP contribution in [0, 0.1) is 0 Å². The summed E-state index contributed by atoms with van der Waals surface area (Å²) >= 11 is 0. The Balaban J connectivity index is 4.87. The molecule has 0 heterocycles. The van der Waals surface area contributed by atoms with Crippen LogP contribution in [0.3, 0.4) is 0 Å². The van der Waals surface area contributed by atoms with Gasteiger partial charge >= 0.3 is 0 Å². The average molecular weight is 221 g/mol. The van der Waals surface area contributed by atoms with Gasteiger partial charge in [0.1, 0.15) is 24.6 Å². The molecule has 0 spiro atoms. The van der Waals surface area contributed by atoms with Crippen LogP contribution in [0.1, 0.15) is 6.92 Å². The molecule has 0 radical (unpaired) electrons. The third-order valence-corrected chi connectivity index (χ3v) is 2.20. The van der Waals surface area contributed by atoms with Gasteiger partial charge in [0.15, 0.2) is 11.3 Å². The summed E-state index contributed by atoms with van der Waals surface area (Å²) in [6.45, 7) is 0.140. The van der Waals surface area contributed by atoms with Crippen LogP contribution in [0.25, 0.3) is 0 Å². The molecular weight excluding hydrogens is 206 g/mol. The minimum absolute atomic E-state index is 0.00663. The molecule has 7 nitrogen and oxygen atoms in total. The van der Waals surface area contributed by atoms with E-state index in [1.54, 1.807) is 0 Å². The van der Waals surface area contributed by atoms with E-state index in [0.717, 1.165) is 6.92 Å². The minimum atomic E-state index is -2.28. The van der Waals surface area contributed by atoms with E-state index in [-0.39, 0.29) is 6.29 Å². The second kappa shape index (κ2) is 5.29. The number of Topliss-reactive ketones (excluding diaryl/α,β-unsaturated/α-hetero) is 1. The molecular formula is C8H15NO6. The number of hydrogen-bond acceptors (Lipinski definition) is 7. The topological polar surface area (TPSA) is 141 Å². The van der Waals surface area contributed by atoms with Crippen LogP contribution in [0.4, 0.5) is 0 Å². The smallest absolute Gasteiger partial charge is 0.159 e. The fourth-order valence-corrected chi connectivity index (χ4v) is 0.962. The summed E-state index contributed by atoms with van der Waals surface area (Å²) in [5, 5.41) is 36.2. The molecule has 0 saturated heterocycles. The van der Waals surface area contributed by atoms with Gasteiger partial charge in [0, 0.05) is 0 Å². The van der Waals surface area contributed by atoms with Crippen molar-refractivity contribution < 1.29 is 30.0 Å². The quantitative estimate of drug-likeness (QED) is 0.232. The Morgan fingerprint density at radius 3 is 2.20 bits per heavy atom. The first-order chi connectivity index (χ1) is 6.81. The van der Waals surface area contributed by atoms with E-state index in [1.165, 1.54) is 0 Å². The number of carbonyl (C=O) groups is 2. The van der Waals surface area contributed by atoms with Gasteiger partial charge in [-0.3, -0.25) is 4.79 Å². The second-order valence-electron chi connectivity index (χ2n) is 3.29. The van der Waals surface area contributed by atoms with Gasteiger partial charge in [-0.2, -0.15) is 0 Å². The van der Waals surface area contributed by atoms with Crippen LogP contribution in [0.2, 0.25) is 0 Å². The van der Waals surface area contributed by atoms with Crippen LogP contribution in [0.5, 0.6) is 0 Å². The van der Waals surface area contributed by atoms with Gasteiger partial charge in [-0.1, -0.05) is 0 Å². The summed E-state index contributed by atoms with van der Waals surface area (Å²) in [7, 11) is 0. The number of hydrogen-bond donors (Lipinski definition) is 5. The van der Waals surface area contributed by atoms with Crippen LogP contribution < -0.4 is 5.73 Å². The van der Waals surface area contributed by atoms with Crippen LogP contribution in [-0.4, -0.2) is 63.0 Å². The van der Waals surface area contributed by atoms with Gasteiger partial charge in [0.05, 0.1) is 6.61 Å². The Morgan fingerprint density at radius 1 is 1.47 bits per heavy atom. The van der Waals surface area contributed by atoms with Gasteiger partial charge in [0.25, 0.3) is 0 Å². The van der Waals surface area contributed by atoms with Crippen molar-refractivity contribution in [3.8, 4) is 0 Å². The van der Waals surface area contributed by atoms with Gasteiger partial charge in [-0.25, -0.2) is 0 Å². The molecule has 0 bridgehead atoms. The molecule has 6 N–H and O–H groups in total. The zero-order chi connectivity index (χ0) is 12.2. The highest BCUT2D eigenvalue weighted by molar-refractivity contribution is 6.02. The number of aliphatic hydroxyl groups is 4. The Morgan fingerprint density at radius 2 is 1.93 bits per heavy atom. The highest BCUT2D eigenvalue weighted by Gasteiger charge is 2.44. The van der Waals surface area contributed by atoms with E-state index in [9.17, 15) is 19.8 Å². The standard InChI is InChI=1S/C8H15NO6/c1-4(12)8(9,3-11)7(15)6(14)5(13)2-10/h3,5-7,10,13-15H,2,9H2,1H3/t5-,6-,7+,8+/m1/s1. The highest BCUT2D eigenvalue weighted by Crippen LogP contribution is 2.12. The largest absolute Gasteiger partial charge is 0.394 e. The van der Waals surface area contributed by atoms with E-state index < -0.39 is 36.2 Å². The Hall–Kier alpha value is -0.860. The number of ketones is 1. The first-order valence-electron chi connectivity index (χ1n) is 4.22. The van der Waals surface area contributed by atoms with Crippen molar-refractivity contribution in [1.29, 1.82) is 0 Å². The van der Waals surface area contributed by atoms with E-state index in [1.807, 2.05) is 0 Å². The van der Waals surface area contributed by atoms with Crippen molar-refractivity contribution in [1.82, 2.24) is 0 Å². The zero-order valence-corrected chi connectivity index (χ0v) is 8.20. The molecule has 88 valence electrons. The molecule has 0 amide bonds. The Labute approximate surface area is 86.1 Å². The van der Waals surface area contributed by atoms with E-state index in [0.29, 0.717) is 0 Å². The molecule has 0 aliphatic carbocycles. The fourth-order valence-electron chi connectivity index (χ4n) is 0.962. The molecule has 0 saturated carbocycles. The predicted octanol–water partition coefficient (Wildman–Crippen LogP) is -3.45. The van der Waals surface area contributed by atoms with Gasteiger partial charge in [0.2, 0.25) is 0 Å². The summed E-state index contributed by atoms with van der Waals surface area (Å²) in [5.74, 6) is -0.853. The minimum Gasteiger partial charge on any atom is -0.394 e. The van der Waals surface area contributed by atoms with Crippen molar-refractivity contribution in [2.45, 2.75) is 30.8 Å². The molecule has 4 atom stereocenters. The summed E-state index contributed by atoms with van der Waals surface area (Å²) in [6.07, 6.45) is -5.54. The zero-order valence-electron chi connectivity index (χ0n) is 8.20. The molecule has 0 aromatic carbocycles. The van der Waals surface area contributed by atoms with Crippen molar-refractivity contribution in [3.05, 3.63) is 0 Å². The lowest BCUT2D eigenvalue weighted by atomic mass is 9.86. The molecule has 0 aromatic rings. The SMILES string of the molecule is CC(=O)[C@@](N)(C=O)[C@@H](O)[C@H](O)[C@H](O)CO. The third kappa shape index (κ3) is 2.80. The summed E-state index contributed by atoms with van der Waals surface area (Å²) < 4.78 is 0. The molecule has 0 aliphatic heterocycles. The van der Waals surface area contributed by atoms with Crippen LogP contribution in [0.15, 0.2) is 0 Å². The predicted molar refractivity (Wildman–Crippen MR) is 48.8 cm³/mol. The first kappa shape index (κ1) is 14.1. The Kier molecular flexibility index (Phi) is 4.98. The third-order valence-electron chi connectivity index (χ3n) is 2.20. The lowest BCUT2D eigenvalue weighted by Gasteiger charge is -2.31. The van der Waals surface area contributed by atoms with Gasteiger partial charge in [-0.05, 0) is 6.92 Å². The van der Waals surface area contributed by atoms with E-state index in [4.69, 9.17) is 15.9 Å². The summed E-state index contributed by atoms with van der Waals surface area (Å²) in [4.78, 5) is 21.5. The summed E-state index contributed by atoms with van der Waals surface area (Å²) in [5.41, 5.74) is 2.97.